The Morgan fingerprint density at radius 1 is 1.29 bits per heavy atom. The molecule has 5 rings (SSSR count). The second-order valence-corrected chi connectivity index (χ2v) is 8.45. The van der Waals surface area contributed by atoms with Crippen LogP contribution in [0.2, 0.25) is 0 Å². The Balaban J connectivity index is 1.32. The zero-order chi connectivity index (χ0) is 23.7. The van der Waals surface area contributed by atoms with Gasteiger partial charge in [-0.3, -0.25) is 9.69 Å². The van der Waals surface area contributed by atoms with Gasteiger partial charge in [0.2, 0.25) is 0 Å². The lowest BCUT2D eigenvalue weighted by molar-refractivity contribution is 0.0926. The summed E-state index contributed by atoms with van der Waals surface area (Å²) in [4.78, 5) is 31.2. The van der Waals surface area contributed by atoms with Gasteiger partial charge in [0.05, 0.1) is 17.1 Å². The number of likely N-dealkylation sites (tertiary alicyclic amines) is 1. The summed E-state index contributed by atoms with van der Waals surface area (Å²) in [6, 6.07) is 6.38. The molecular formula is C23H25FN8O2. The van der Waals surface area contributed by atoms with E-state index in [9.17, 15) is 9.18 Å². The molecule has 4 aromatic rings. The molecule has 0 bridgehead atoms. The minimum Gasteiger partial charge on any atom is -0.383 e. The van der Waals surface area contributed by atoms with Gasteiger partial charge in [-0.15, -0.1) is 0 Å². The summed E-state index contributed by atoms with van der Waals surface area (Å²) in [5, 5.41) is 6.98. The number of hydrogen-bond acceptors (Lipinski definition) is 8. The average molecular weight is 465 g/mol. The molecule has 0 unspecified atom stereocenters. The Kier molecular flexibility index (Phi) is 5.93. The van der Waals surface area contributed by atoms with Crippen molar-refractivity contribution in [3.63, 3.8) is 0 Å². The van der Waals surface area contributed by atoms with Crippen LogP contribution in [0.5, 0.6) is 0 Å². The van der Waals surface area contributed by atoms with Gasteiger partial charge in [-0.2, -0.15) is 0 Å². The van der Waals surface area contributed by atoms with Gasteiger partial charge in [-0.25, -0.2) is 19.3 Å². The number of carbonyl (C=O) groups is 1. The van der Waals surface area contributed by atoms with Crippen LogP contribution in [0.1, 0.15) is 53.2 Å². The van der Waals surface area contributed by atoms with Crippen LogP contribution < -0.4 is 11.1 Å². The quantitative estimate of drug-likeness (QED) is 0.379. The van der Waals surface area contributed by atoms with Crippen molar-refractivity contribution < 1.29 is 13.7 Å². The monoisotopic (exact) mass is 464 g/mol. The van der Waals surface area contributed by atoms with E-state index in [-0.39, 0.29) is 11.6 Å². The predicted molar refractivity (Wildman–Crippen MR) is 123 cm³/mol. The molecule has 0 spiro atoms. The first kappa shape index (κ1) is 22.0. The molecule has 11 heteroatoms. The van der Waals surface area contributed by atoms with E-state index in [0.717, 1.165) is 25.9 Å². The number of aromatic amines is 1. The number of nitrogen functional groups attached to an aromatic ring is 1. The summed E-state index contributed by atoms with van der Waals surface area (Å²) < 4.78 is 18.4. The van der Waals surface area contributed by atoms with Crippen molar-refractivity contribution in [2.24, 2.45) is 0 Å². The highest BCUT2D eigenvalue weighted by molar-refractivity contribution is 5.94. The lowest BCUT2D eigenvalue weighted by atomic mass is 10.1. The standard InChI is InChI=1S/C23H25FN8O2/c1-13(28-23(33)20-15(21(25)27-12-26-20)11-32-6-2-3-7-32)19-9-18(31-34-19)22-29-16-5-4-14(10-24)8-17(16)30-22/h4-5,8-9,12-13H,2-3,6-7,10-11H2,1H3,(H,28,33)(H,29,30)(H2,25,26,27)/t13-/m1/s1. The van der Waals surface area contributed by atoms with Crippen LogP contribution in [0.3, 0.4) is 0 Å². The smallest absolute Gasteiger partial charge is 0.271 e. The van der Waals surface area contributed by atoms with Crippen molar-refractivity contribution in [3.8, 4) is 11.5 Å². The molecule has 10 nitrogen and oxygen atoms in total. The summed E-state index contributed by atoms with van der Waals surface area (Å²) in [5.41, 5.74) is 9.42. The summed E-state index contributed by atoms with van der Waals surface area (Å²) >= 11 is 0. The van der Waals surface area contributed by atoms with Crippen molar-refractivity contribution in [1.29, 1.82) is 0 Å². The molecule has 176 valence electrons. The SMILES string of the molecule is C[C@@H](NC(=O)c1ncnc(N)c1CN1CCCC1)c1cc(-c2nc3ccc(CF)cc3[nH]2)no1. The predicted octanol–water partition coefficient (Wildman–Crippen LogP) is 3.15. The van der Waals surface area contributed by atoms with Crippen LogP contribution in [0.25, 0.3) is 22.6 Å². The Labute approximate surface area is 194 Å². The van der Waals surface area contributed by atoms with Crippen LogP contribution in [-0.4, -0.2) is 49.0 Å². The van der Waals surface area contributed by atoms with Gasteiger partial charge >= 0.3 is 0 Å². The number of aromatic nitrogens is 5. The molecule has 1 aromatic carbocycles. The van der Waals surface area contributed by atoms with Crippen LogP contribution in [0.15, 0.2) is 35.1 Å². The Hall–Kier alpha value is -3.86. The van der Waals surface area contributed by atoms with E-state index in [4.69, 9.17) is 10.3 Å². The number of benzene rings is 1. The second kappa shape index (κ2) is 9.18. The highest BCUT2D eigenvalue weighted by atomic mass is 19.1. The molecule has 0 aliphatic carbocycles. The van der Waals surface area contributed by atoms with E-state index < -0.39 is 12.7 Å². The molecule has 0 saturated carbocycles. The van der Waals surface area contributed by atoms with Crippen molar-refractivity contribution in [2.45, 2.75) is 39.0 Å². The largest absolute Gasteiger partial charge is 0.383 e. The number of halogens is 1. The number of alkyl halides is 1. The van der Waals surface area contributed by atoms with E-state index in [1.54, 1.807) is 31.2 Å². The van der Waals surface area contributed by atoms with Crippen molar-refractivity contribution in [3.05, 3.63) is 53.2 Å². The molecule has 1 atom stereocenters. The third kappa shape index (κ3) is 4.34. The number of imidazole rings is 1. The number of nitrogens with two attached hydrogens (primary N) is 1. The highest BCUT2D eigenvalue weighted by Gasteiger charge is 2.24. The Bertz CT molecular complexity index is 1330. The number of nitrogens with one attached hydrogen (secondary N) is 2. The molecule has 1 aliphatic heterocycles. The molecule has 3 aromatic heterocycles. The third-order valence-corrected chi connectivity index (χ3v) is 6.02. The van der Waals surface area contributed by atoms with E-state index >= 15 is 0 Å². The van der Waals surface area contributed by atoms with Gasteiger partial charge in [0.15, 0.2) is 11.6 Å². The van der Waals surface area contributed by atoms with E-state index in [1.807, 2.05) is 0 Å². The Morgan fingerprint density at radius 3 is 2.91 bits per heavy atom. The number of fused-ring (bicyclic) bond motifs is 1. The molecule has 4 heterocycles. The Morgan fingerprint density at radius 2 is 2.12 bits per heavy atom. The summed E-state index contributed by atoms with van der Waals surface area (Å²) in [5.74, 6) is 0.895. The number of nitrogens with zero attached hydrogens (tertiary/aromatic N) is 5. The molecule has 1 amide bonds. The van der Waals surface area contributed by atoms with Gasteiger partial charge in [0, 0.05) is 18.2 Å². The molecule has 34 heavy (non-hydrogen) atoms. The fourth-order valence-electron chi connectivity index (χ4n) is 4.14. The summed E-state index contributed by atoms with van der Waals surface area (Å²) in [6.45, 7) is 3.70. The molecule has 0 radical (unpaired) electrons. The maximum Gasteiger partial charge on any atom is 0.271 e. The number of rotatable bonds is 7. The molecule has 4 N–H and O–H groups in total. The number of H-pyrrole nitrogens is 1. The number of anilines is 1. The van der Waals surface area contributed by atoms with Gasteiger partial charge in [-0.05, 0) is 50.6 Å². The van der Waals surface area contributed by atoms with Crippen LogP contribution in [-0.2, 0) is 13.2 Å². The summed E-state index contributed by atoms with van der Waals surface area (Å²) in [6.07, 6.45) is 3.55. The fourth-order valence-corrected chi connectivity index (χ4v) is 4.14. The normalized spacial score (nSPS) is 15.1. The second-order valence-electron chi connectivity index (χ2n) is 8.45. The van der Waals surface area contributed by atoms with E-state index in [1.165, 1.54) is 6.33 Å². The lowest BCUT2D eigenvalue weighted by Gasteiger charge is -2.18. The first-order valence-electron chi connectivity index (χ1n) is 11.2. The van der Waals surface area contributed by atoms with Gasteiger partial charge in [0.25, 0.3) is 5.91 Å². The molecular weight excluding hydrogens is 439 g/mol. The van der Waals surface area contributed by atoms with Crippen LogP contribution in [0.4, 0.5) is 10.2 Å². The fraction of sp³-hybridized carbons (Fsp3) is 0.348. The first-order valence-corrected chi connectivity index (χ1v) is 11.2. The molecule has 1 aliphatic rings. The van der Waals surface area contributed by atoms with Crippen LogP contribution in [0, 0.1) is 0 Å². The zero-order valence-corrected chi connectivity index (χ0v) is 18.7. The average Bonchev–Trinajstić information content (AvgIpc) is 3.60. The third-order valence-electron chi connectivity index (χ3n) is 6.02. The van der Waals surface area contributed by atoms with Gasteiger partial charge in [0.1, 0.15) is 30.2 Å². The number of hydrogen-bond donors (Lipinski definition) is 3. The van der Waals surface area contributed by atoms with Crippen molar-refractivity contribution in [1.82, 2.24) is 35.3 Å². The lowest BCUT2D eigenvalue weighted by Crippen LogP contribution is -2.30. The van der Waals surface area contributed by atoms with Crippen LogP contribution >= 0.6 is 0 Å². The van der Waals surface area contributed by atoms with Gasteiger partial charge < -0.3 is 20.6 Å². The molecule has 1 fully saturated rings. The van der Waals surface area contributed by atoms with Crippen molar-refractivity contribution in [2.75, 3.05) is 18.8 Å². The maximum absolute atomic E-state index is 13.0. The maximum atomic E-state index is 13.0. The minimum atomic E-state index is -0.548. The first-order chi connectivity index (χ1) is 16.5. The highest BCUT2D eigenvalue weighted by Crippen LogP contribution is 2.25. The molecule has 1 saturated heterocycles. The van der Waals surface area contributed by atoms with Gasteiger partial charge in [-0.1, -0.05) is 11.2 Å². The number of carbonyl (C=O) groups excluding carboxylic acids is 1. The number of amides is 1. The minimum absolute atomic E-state index is 0.256. The zero-order valence-electron chi connectivity index (χ0n) is 18.7. The van der Waals surface area contributed by atoms with E-state index in [2.05, 4.69) is 35.3 Å². The van der Waals surface area contributed by atoms with Crippen molar-refractivity contribution >= 4 is 22.8 Å². The van der Waals surface area contributed by atoms with E-state index in [0.29, 0.717) is 51.8 Å². The topological polar surface area (TPSA) is 139 Å². The summed E-state index contributed by atoms with van der Waals surface area (Å²) in [7, 11) is 0.